The number of amides is 1. The highest BCUT2D eigenvalue weighted by molar-refractivity contribution is 7.10. The first kappa shape index (κ1) is 16.7. The van der Waals surface area contributed by atoms with Gasteiger partial charge in [0.25, 0.3) is 0 Å². The van der Waals surface area contributed by atoms with Crippen LogP contribution in [0.15, 0.2) is 35.7 Å². The third-order valence-corrected chi connectivity index (χ3v) is 6.24. The van der Waals surface area contributed by atoms with E-state index >= 15 is 0 Å². The number of benzene rings is 1. The molecule has 0 spiro atoms. The lowest BCUT2D eigenvalue weighted by Gasteiger charge is -2.35. The molecule has 4 rings (SSSR count). The number of rotatable bonds is 3. The first-order valence-electron chi connectivity index (χ1n) is 8.77. The van der Waals surface area contributed by atoms with Crippen molar-refractivity contribution >= 4 is 17.2 Å². The van der Waals surface area contributed by atoms with Gasteiger partial charge in [-0.2, -0.15) is 0 Å². The van der Waals surface area contributed by atoms with Crippen molar-refractivity contribution in [2.24, 2.45) is 0 Å². The van der Waals surface area contributed by atoms with Gasteiger partial charge in [-0.1, -0.05) is 18.2 Å². The minimum Gasteiger partial charge on any atom is -0.350 e. The Labute approximate surface area is 151 Å². The number of hydrogen-bond acceptors (Lipinski definition) is 3. The molecule has 1 aliphatic heterocycles. The summed E-state index contributed by atoms with van der Waals surface area (Å²) in [6.45, 7) is 3.91. The quantitative estimate of drug-likeness (QED) is 0.809. The van der Waals surface area contributed by atoms with E-state index in [1.807, 2.05) is 18.7 Å². The molecule has 1 aliphatic carbocycles. The van der Waals surface area contributed by atoms with Crippen molar-refractivity contribution in [3.63, 3.8) is 0 Å². The smallest absolute Gasteiger partial charge is 0.225 e. The lowest BCUT2D eigenvalue weighted by Crippen LogP contribution is -2.45. The molecule has 2 heterocycles. The van der Waals surface area contributed by atoms with E-state index in [1.165, 1.54) is 16.5 Å². The van der Waals surface area contributed by atoms with E-state index in [4.69, 9.17) is 4.74 Å². The second kappa shape index (κ2) is 6.22. The van der Waals surface area contributed by atoms with Gasteiger partial charge in [-0.25, -0.2) is 4.39 Å². The second-order valence-corrected chi connectivity index (χ2v) is 8.24. The summed E-state index contributed by atoms with van der Waals surface area (Å²) < 4.78 is 20.1. The van der Waals surface area contributed by atoms with E-state index in [0.717, 1.165) is 12.8 Å². The van der Waals surface area contributed by atoms with Crippen LogP contribution in [0.3, 0.4) is 0 Å². The molecule has 0 unspecified atom stereocenters. The van der Waals surface area contributed by atoms with E-state index in [9.17, 15) is 9.18 Å². The van der Waals surface area contributed by atoms with Gasteiger partial charge in [-0.15, -0.1) is 11.3 Å². The molecule has 132 valence electrons. The molecule has 2 aliphatic rings. The van der Waals surface area contributed by atoms with Crippen molar-refractivity contribution in [1.82, 2.24) is 4.90 Å². The Morgan fingerprint density at radius 2 is 2.16 bits per heavy atom. The van der Waals surface area contributed by atoms with E-state index < -0.39 is 5.72 Å². The Morgan fingerprint density at radius 3 is 2.96 bits per heavy atom. The van der Waals surface area contributed by atoms with Crippen LogP contribution >= 0.6 is 11.3 Å². The number of carbonyl (C=O) groups excluding carboxylic acids is 1. The number of aryl methyl sites for hydroxylation is 2. The molecule has 1 saturated heterocycles. The van der Waals surface area contributed by atoms with Crippen LogP contribution in [0.4, 0.5) is 4.39 Å². The standard InChI is InChI=1S/C20H22FNO2S/c1-20(2)22(18(23)10-7-13-5-3-4-6-15(13)21)19-14-11-12-25-17(14)9-8-16(19)24-20/h3-6,11-12,16,19H,7-10H2,1-2H3/t16-,19+/m1/s1. The minimum atomic E-state index is -0.634. The summed E-state index contributed by atoms with van der Waals surface area (Å²) in [7, 11) is 0. The normalized spacial score (nSPS) is 24.0. The highest BCUT2D eigenvalue weighted by Crippen LogP contribution is 2.48. The lowest BCUT2D eigenvalue weighted by atomic mass is 9.90. The van der Waals surface area contributed by atoms with Gasteiger partial charge in [0.1, 0.15) is 11.5 Å². The molecule has 5 heteroatoms. The largest absolute Gasteiger partial charge is 0.350 e. The van der Waals surface area contributed by atoms with Crippen molar-refractivity contribution in [1.29, 1.82) is 0 Å². The van der Waals surface area contributed by atoms with Crippen LogP contribution in [0, 0.1) is 5.82 Å². The minimum absolute atomic E-state index is 0.0156. The molecular weight excluding hydrogens is 337 g/mol. The van der Waals surface area contributed by atoms with Crippen LogP contribution < -0.4 is 0 Å². The van der Waals surface area contributed by atoms with Gasteiger partial charge in [-0.05, 0) is 61.7 Å². The van der Waals surface area contributed by atoms with Crippen molar-refractivity contribution < 1.29 is 13.9 Å². The highest BCUT2D eigenvalue weighted by Gasteiger charge is 2.51. The zero-order valence-electron chi connectivity index (χ0n) is 14.5. The maximum absolute atomic E-state index is 13.8. The fourth-order valence-corrected chi connectivity index (χ4v) is 5.10. The number of fused-ring (bicyclic) bond motifs is 3. The molecule has 25 heavy (non-hydrogen) atoms. The molecule has 0 bridgehead atoms. The molecule has 1 aromatic carbocycles. The average molecular weight is 359 g/mol. The first-order chi connectivity index (χ1) is 12.0. The van der Waals surface area contributed by atoms with Gasteiger partial charge in [-0.3, -0.25) is 4.79 Å². The predicted molar refractivity (Wildman–Crippen MR) is 95.9 cm³/mol. The molecule has 2 atom stereocenters. The monoisotopic (exact) mass is 359 g/mol. The summed E-state index contributed by atoms with van der Waals surface area (Å²) >= 11 is 1.76. The maximum atomic E-state index is 13.8. The molecule has 0 N–H and O–H groups in total. The topological polar surface area (TPSA) is 29.5 Å². The van der Waals surface area contributed by atoms with Crippen LogP contribution in [0.25, 0.3) is 0 Å². The Balaban J connectivity index is 1.57. The SMILES string of the molecule is CC1(C)O[C@@H]2CCc3sccc3[C@@H]2N1C(=O)CCc1ccccc1F. The molecule has 1 fully saturated rings. The zero-order chi connectivity index (χ0) is 17.6. The fourth-order valence-electron chi connectivity index (χ4n) is 4.16. The zero-order valence-corrected chi connectivity index (χ0v) is 15.3. The Kier molecular flexibility index (Phi) is 4.16. The third kappa shape index (κ3) is 2.89. The van der Waals surface area contributed by atoms with Crippen LogP contribution in [-0.2, 0) is 22.4 Å². The molecule has 0 radical (unpaired) electrons. The number of hydrogen-bond donors (Lipinski definition) is 0. The second-order valence-electron chi connectivity index (χ2n) is 7.24. The van der Waals surface area contributed by atoms with Crippen LogP contribution in [0.2, 0.25) is 0 Å². The Bertz CT molecular complexity index is 800. The molecule has 0 saturated carbocycles. The molecule has 3 nitrogen and oxygen atoms in total. The van der Waals surface area contributed by atoms with Crippen molar-refractivity contribution in [2.75, 3.05) is 0 Å². The van der Waals surface area contributed by atoms with Gasteiger partial charge in [0.15, 0.2) is 0 Å². The van der Waals surface area contributed by atoms with Gasteiger partial charge in [0.2, 0.25) is 5.91 Å². The lowest BCUT2D eigenvalue weighted by molar-refractivity contribution is -0.147. The molecule has 2 aromatic rings. The molecular formula is C20H22FNO2S. The van der Waals surface area contributed by atoms with Gasteiger partial charge >= 0.3 is 0 Å². The van der Waals surface area contributed by atoms with Crippen LogP contribution in [-0.4, -0.2) is 22.6 Å². The number of nitrogens with zero attached hydrogens (tertiary/aromatic N) is 1. The number of thiophene rings is 1. The Morgan fingerprint density at radius 1 is 1.36 bits per heavy atom. The van der Waals surface area contributed by atoms with Crippen LogP contribution in [0.1, 0.15) is 48.7 Å². The van der Waals surface area contributed by atoms with Crippen molar-refractivity contribution in [3.05, 3.63) is 57.5 Å². The average Bonchev–Trinajstić information content (AvgIpc) is 3.14. The van der Waals surface area contributed by atoms with E-state index in [-0.39, 0.29) is 30.3 Å². The summed E-state index contributed by atoms with van der Waals surface area (Å²) in [6, 6.07) is 8.77. The number of ether oxygens (including phenoxy) is 1. The van der Waals surface area contributed by atoms with Gasteiger partial charge in [0, 0.05) is 11.3 Å². The third-order valence-electron chi connectivity index (χ3n) is 5.24. The van der Waals surface area contributed by atoms with Crippen molar-refractivity contribution in [2.45, 2.75) is 57.4 Å². The van der Waals surface area contributed by atoms with Crippen LogP contribution in [0.5, 0.6) is 0 Å². The number of carbonyl (C=O) groups is 1. The summed E-state index contributed by atoms with van der Waals surface area (Å²) in [5.74, 6) is -0.220. The summed E-state index contributed by atoms with van der Waals surface area (Å²) in [4.78, 5) is 16.3. The van der Waals surface area contributed by atoms with Gasteiger partial charge < -0.3 is 9.64 Å². The van der Waals surface area contributed by atoms with Crippen molar-refractivity contribution in [3.8, 4) is 0 Å². The summed E-state index contributed by atoms with van der Waals surface area (Å²) in [5, 5.41) is 2.10. The first-order valence-corrected chi connectivity index (χ1v) is 9.65. The van der Waals surface area contributed by atoms with Gasteiger partial charge in [0.05, 0.1) is 12.1 Å². The molecule has 1 amide bonds. The van der Waals surface area contributed by atoms with E-state index in [0.29, 0.717) is 12.0 Å². The summed E-state index contributed by atoms with van der Waals surface area (Å²) in [5.41, 5.74) is 1.18. The van der Waals surface area contributed by atoms with E-state index in [2.05, 4.69) is 11.4 Å². The fraction of sp³-hybridized carbons (Fsp3) is 0.450. The predicted octanol–water partition coefficient (Wildman–Crippen LogP) is 4.47. The van der Waals surface area contributed by atoms with E-state index in [1.54, 1.807) is 29.5 Å². The molecule has 1 aromatic heterocycles. The Hall–Kier alpha value is -1.72. The highest BCUT2D eigenvalue weighted by atomic mass is 32.1. The number of halogens is 1. The summed E-state index contributed by atoms with van der Waals surface area (Å²) in [6.07, 6.45) is 2.71. The maximum Gasteiger partial charge on any atom is 0.225 e.